The summed E-state index contributed by atoms with van der Waals surface area (Å²) in [5, 5.41) is 3.34. The van der Waals surface area contributed by atoms with Crippen LogP contribution in [0.15, 0.2) is 6.20 Å². The summed E-state index contributed by atoms with van der Waals surface area (Å²) in [6.45, 7) is 8.20. The second kappa shape index (κ2) is 3.71. The number of fused-ring (bicyclic) bond motifs is 1. The summed E-state index contributed by atoms with van der Waals surface area (Å²) in [7, 11) is 0. The third-order valence-electron chi connectivity index (χ3n) is 2.28. The molecule has 0 aliphatic rings. The average molecular weight is 209 g/mol. The van der Waals surface area contributed by atoms with Gasteiger partial charge >= 0.3 is 0 Å². The van der Waals surface area contributed by atoms with Crippen LogP contribution in [0.3, 0.4) is 0 Å². The molecule has 0 aliphatic heterocycles. The summed E-state index contributed by atoms with van der Waals surface area (Å²) < 4.78 is 2.19. The van der Waals surface area contributed by atoms with Crippen LogP contribution in [-0.2, 0) is 6.54 Å². The van der Waals surface area contributed by atoms with Gasteiger partial charge in [-0.05, 0) is 20.4 Å². The van der Waals surface area contributed by atoms with E-state index in [1.165, 1.54) is 10.6 Å². The van der Waals surface area contributed by atoms with Crippen molar-refractivity contribution in [3.8, 4) is 0 Å². The first-order chi connectivity index (χ1) is 6.72. The van der Waals surface area contributed by atoms with Gasteiger partial charge in [0.05, 0.1) is 11.4 Å². The van der Waals surface area contributed by atoms with Crippen LogP contribution in [0.5, 0.6) is 0 Å². The predicted octanol–water partition coefficient (Wildman–Crippen LogP) is 2.12. The Kier molecular flexibility index (Phi) is 2.56. The number of hydrogen-bond acceptors (Lipinski definition) is 3. The molecule has 4 heteroatoms. The molecule has 14 heavy (non-hydrogen) atoms. The van der Waals surface area contributed by atoms with Gasteiger partial charge in [-0.2, -0.15) is 0 Å². The number of nitrogens with zero attached hydrogens (tertiary/aromatic N) is 2. The molecular formula is C10H15N3S. The van der Waals surface area contributed by atoms with E-state index in [0.717, 1.165) is 23.7 Å². The minimum atomic E-state index is 0.902. The SMILES string of the molecule is CCNCc1c(C)nc2sc(C)cn12. The molecule has 0 aliphatic carbocycles. The maximum atomic E-state index is 4.53. The van der Waals surface area contributed by atoms with Gasteiger partial charge in [-0.3, -0.25) is 4.40 Å². The van der Waals surface area contributed by atoms with Crippen LogP contribution >= 0.6 is 11.3 Å². The minimum absolute atomic E-state index is 0.902. The summed E-state index contributed by atoms with van der Waals surface area (Å²) in [6.07, 6.45) is 2.16. The maximum Gasteiger partial charge on any atom is 0.194 e. The van der Waals surface area contributed by atoms with Crippen molar-refractivity contribution in [2.75, 3.05) is 6.54 Å². The van der Waals surface area contributed by atoms with E-state index in [4.69, 9.17) is 0 Å². The largest absolute Gasteiger partial charge is 0.311 e. The highest BCUT2D eigenvalue weighted by molar-refractivity contribution is 7.17. The molecule has 0 radical (unpaired) electrons. The fourth-order valence-electron chi connectivity index (χ4n) is 1.57. The molecule has 0 unspecified atom stereocenters. The lowest BCUT2D eigenvalue weighted by atomic mass is 10.3. The Bertz CT molecular complexity index is 441. The van der Waals surface area contributed by atoms with E-state index in [-0.39, 0.29) is 0 Å². The molecule has 1 N–H and O–H groups in total. The lowest BCUT2D eigenvalue weighted by molar-refractivity contribution is 0.702. The van der Waals surface area contributed by atoms with Crippen molar-refractivity contribution in [2.24, 2.45) is 0 Å². The van der Waals surface area contributed by atoms with Crippen LogP contribution in [0.4, 0.5) is 0 Å². The fourth-order valence-corrected chi connectivity index (χ4v) is 2.46. The second-order valence-electron chi connectivity index (χ2n) is 3.42. The number of aryl methyl sites for hydroxylation is 2. The highest BCUT2D eigenvalue weighted by atomic mass is 32.1. The molecule has 76 valence electrons. The Labute approximate surface area is 87.8 Å². The fraction of sp³-hybridized carbons (Fsp3) is 0.500. The van der Waals surface area contributed by atoms with Gasteiger partial charge in [0.1, 0.15) is 0 Å². The van der Waals surface area contributed by atoms with Gasteiger partial charge in [-0.1, -0.05) is 6.92 Å². The highest BCUT2D eigenvalue weighted by Crippen LogP contribution is 2.20. The van der Waals surface area contributed by atoms with Crippen molar-refractivity contribution in [3.63, 3.8) is 0 Å². The van der Waals surface area contributed by atoms with Crippen molar-refractivity contribution >= 4 is 16.3 Å². The molecule has 2 aromatic heterocycles. The Hall–Kier alpha value is -0.870. The number of hydrogen-bond donors (Lipinski definition) is 1. The molecule has 0 aromatic carbocycles. The first kappa shape index (κ1) is 9.68. The van der Waals surface area contributed by atoms with Crippen LogP contribution in [0, 0.1) is 13.8 Å². The zero-order valence-corrected chi connectivity index (χ0v) is 9.61. The molecule has 2 rings (SSSR count). The number of aromatic nitrogens is 2. The van der Waals surface area contributed by atoms with Gasteiger partial charge in [0.25, 0.3) is 0 Å². The summed E-state index contributed by atoms with van der Waals surface area (Å²) in [5.74, 6) is 0. The lowest BCUT2D eigenvalue weighted by Crippen LogP contribution is -2.13. The van der Waals surface area contributed by atoms with E-state index in [1.807, 2.05) is 0 Å². The van der Waals surface area contributed by atoms with E-state index in [0.29, 0.717) is 0 Å². The van der Waals surface area contributed by atoms with Gasteiger partial charge in [-0.15, -0.1) is 11.3 Å². The van der Waals surface area contributed by atoms with Gasteiger partial charge in [0.2, 0.25) is 0 Å². The molecule has 0 bridgehead atoms. The molecule has 0 saturated heterocycles. The first-order valence-electron chi connectivity index (χ1n) is 4.87. The summed E-state index contributed by atoms with van der Waals surface area (Å²) >= 11 is 1.74. The zero-order chi connectivity index (χ0) is 10.1. The zero-order valence-electron chi connectivity index (χ0n) is 8.79. The van der Waals surface area contributed by atoms with Crippen LogP contribution in [0.2, 0.25) is 0 Å². The molecule has 0 amide bonds. The van der Waals surface area contributed by atoms with E-state index in [9.17, 15) is 0 Å². The van der Waals surface area contributed by atoms with Gasteiger partial charge in [-0.25, -0.2) is 4.98 Å². The van der Waals surface area contributed by atoms with Crippen LogP contribution < -0.4 is 5.32 Å². The number of thiazole rings is 1. The molecule has 0 spiro atoms. The van der Waals surface area contributed by atoms with E-state index in [2.05, 4.69) is 41.7 Å². The number of imidazole rings is 1. The standard InChI is InChI=1S/C10H15N3S/c1-4-11-5-9-8(3)12-10-13(9)6-7(2)14-10/h6,11H,4-5H2,1-3H3. The van der Waals surface area contributed by atoms with E-state index < -0.39 is 0 Å². The van der Waals surface area contributed by atoms with Crippen LogP contribution in [-0.4, -0.2) is 15.9 Å². The average Bonchev–Trinajstić information content (AvgIpc) is 2.58. The minimum Gasteiger partial charge on any atom is -0.311 e. The Morgan fingerprint density at radius 2 is 2.29 bits per heavy atom. The first-order valence-corrected chi connectivity index (χ1v) is 5.68. The normalized spacial score (nSPS) is 11.4. The van der Waals surface area contributed by atoms with Crippen molar-refractivity contribution in [1.29, 1.82) is 0 Å². The summed E-state index contributed by atoms with van der Waals surface area (Å²) in [5.41, 5.74) is 2.42. The Balaban J connectivity index is 2.43. The predicted molar refractivity (Wildman–Crippen MR) is 59.9 cm³/mol. The third-order valence-corrected chi connectivity index (χ3v) is 3.18. The summed E-state index contributed by atoms with van der Waals surface area (Å²) in [6, 6.07) is 0. The van der Waals surface area contributed by atoms with E-state index in [1.54, 1.807) is 11.3 Å². The molecule has 3 nitrogen and oxygen atoms in total. The Morgan fingerprint density at radius 3 is 3.00 bits per heavy atom. The molecule has 0 saturated carbocycles. The summed E-state index contributed by atoms with van der Waals surface area (Å²) in [4.78, 5) is 6.94. The van der Waals surface area contributed by atoms with Gasteiger partial charge in [0.15, 0.2) is 4.96 Å². The van der Waals surface area contributed by atoms with E-state index >= 15 is 0 Å². The molecule has 2 heterocycles. The topological polar surface area (TPSA) is 29.3 Å². The maximum absolute atomic E-state index is 4.53. The molecule has 0 fully saturated rings. The Morgan fingerprint density at radius 1 is 1.50 bits per heavy atom. The number of nitrogens with one attached hydrogen (secondary N) is 1. The second-order valence-corrected chi connectivity index (χ2v) is 4.63. The van der Waals surface area contributed by atoms with Gasteiger partial charge < -0.3 is 5.32 Å². The van der Waals surface area contributed by atoms with Crippen molar-refractivity contribution in [3.05, 3.63) is 22.5 Å². The van der Waals surface area contributed by atoms with Crippen molar-refractivity contribution in [2.45, 2.75) is 27.3 Å². The quantitative estimate of drug-likeness (QED) is 0.839. The lowest BCUT2D eigenvalue weighted by Gasteiger charge is -2.01. The van der Waals surface area contributed by atoms with Crippen molar-refractivity contribution in [1.82, 2.24) is 14.7 Å². The monoisotopic (exact) mass is 209 g/mol. The van der Waals surface area contributed by atoms with Crippen LogP contribution in [0.1, 0.15) is 23.2 Å². The highest BCUT2D eigenvalue weighted by Gasteiger charge is 2.09. The smallest absolute Gasteiger partial charge is 0.194 e. The van der Waals surface area contributed by atoms with Crippen molar-refractivity contribution < 1.29 is 0 Å². The van der Waals surface area contributed by atoms with Crippen LogP contribution in [0.25, 0.3) is 4.96 Å². The van der Waals surface area contributed by atoms with Gasteiger partial charge in [0, 0.05) is 17.6 Å². The number of rotatable bonds is 3. The third kappa shape index (κ3) is 1.55. The molecular weight excluding hydrogens is 194 g/mol. The molecule has 2 aromatic rings. The molecule has 0 atom stereocenters.